The molecule has 0 aliphatic rings. The third-order valence-electron chi connectivity index (χ3n) is 2.11. The van der Waals surface area contributed by atoms with Gasteiger partial charge in [0.25, 0.3) is 6.26 Å². The van der Waals surface area contributed by atoms with E-state index in [4.69, 9.17) is 16.9 Å². The molecule has 18 heavy (non-hydrogen) atoms. The van der Waals surface area contributed by atoms with E-state index in [0.717, 1.165) is 0 Å². The molecule has 0 aliphatic heterocycles. The molecule has 0 aliphatic carbocycles. The van der Waals surface area contributed by atoms with Crippen molar-refractivity contribution in [3.63, 3.8) is 0 Å². The largest absolute Gasteiger partial charge is 0.417 e. The van der Waals surface area contributed by atoms with Crippen molar-refractivity contribution in [2.45, 2.75) is 19.0 Å². The van der Waals surface area contributed by atoms with Crippen LogP contribution < -0.4 is 0 Å². The van der Waals surface area contributed by atoms with Crippen LogP contribution in [0.5, 0.6) is 0 Å². The van der Waals surface area contributed by atoms with Gasteiger partial charge in [-0.3, -0.25) is 9.78 Å². The minimum atomic E-state index is -4.56. The van der Waals surface area contributed by atoms with Crippen molar-refractivity contribution in [1.82, 2.24) is 4.98 Å². The van der Waals surface area contributed by atoms with E-state index in [1.54, 1.807) is 0 Å². The molecule has 1 aromatic heterocycles. The number of esters is 1. The number of carbonyl (C=O) groups is 1. The van der Waals surface area contributed by atoms with Gasteiger partial charge < -0.3 is 4.74 Å². The molecule has 4 nitrogen and oxygen atoms in total. The van der Waals surface area contributed by atoms with Gasteiger partial charge in [-0.25, -0.2) is 0 Å². The number of nitriles is 1. The summed E-state index contributed by atoms with van der Waals surface area (Å²) in [7, 11) is 0. The lowest BCUT2D eigenvalue weighted by molar-refractivity contribution is -0.138. The minimum Gasteiger partial charge on any atom is -0.350 e. The Bertz CT molecular complexity index is 511. The zero-order valence-electron chi connectivity index (χ0n) is 8.95. The van der Waals surface area contributed by atoms with Crippen molar-refractivity contribution < 1.29 is 22.7 Å². The molecule has 0 amide bonds. The Hall–Kier alpha value is -1.81. The maximum Gasteiger partial charge on any atom is 0.417 e. The molecule has 0 bridgehead atoms. The summed E-state index contributed by atoms with van der Waals surface area (Å²) in [5.74, 6) is -1.97. The first-order chi connectivity index (χ1) is 8.27. The van der Waals surface area contributed by atoms with Crippen LogP contribution in [0.3, 0.4) is 0 Å². The van der Waals surface area contributed by atoms with Gasteiger partial charge in [-0.2, -0.15) is 13.2 Å². The fourth-order valence-electron chi connectivity index (χ4n) is 1.17. The molecule has 1 aromatic rings. The molecule has 0 N–H and O–H groups in total. The van der Waals surface area contributed by atoms with Crippen molar-refractivity contribution in [3.05, 3.63) is 28.5 Å². The second-order valence-corrected chi connectivity index (χ2v) is 3.73. The van der Waals surface area contributed by atoms with Gasteiger partial charge in [0.1, 0.15) is 0 Å². The van der Waals surface area contributed by atoms with E-state index in [-0.39, 0.29) is 10.7 Å². The number of hydrogen-bond acceptors (Lipinski definition) is 4. The Labute approximate surface area is 105 Å². The van der Waals surface area contributed by atoms with E-state index in [2.05, 4.69) is 9.72 Å². The summed E-state index contributed by atoms with van der Waals surface area (Å²) in [4.78, 5) is 14.7. The van der Waals surface area contributed by atoms with Gasteiger partial charge in [0.2, 0.25) is 0 Å². The molecule has 0 aromatic carbocycles. The summed E-state index contributed by atoms with van der Waals surface area (Å²) in [6, 6.07) is 0.667. The number of halogens is 4. The highest BCUT2D eigenvalue weighted by atomic mass is 35.5. The highest BCUT2D eigenvalue weighted by molar-refractivity contribution is 6.31. The monoisotopic (exact) mass is 278 g/mol. The first-order valence-electron chi connectivity index (χ1n) is 4.59. The second kappa shape index (κ2) is 5.23. The smallest absolute Gasteiger partial charge is 0.350 e. The predicted octanol–water partition coefficient (Wildman–Crippen LogP) is 2.88. The molecule has 1 rings (SSSR count). The van der Waals surface area contributed by atoms with Crippen LogP contribution in [0.2, 0.25) is 5.02 Å². The molecule has 0 fully saturated rings. The summed E-state index contributed by atoms with van der Waals surface area (Å²) in [6.07, 6.45) is -2.82. The second-order valence-electron chi connectivity index (χ2n) is 3.32. The van der Waals surface area contributed by atoms with Gasteiger partial charge in [-0.05, 0) is 13.0 Å². The van der Waals surface area contributed by atoms with E-state index in [1.807, 2.05) is 0 Å². The number of aromatic nitrogens is 1. The predicted molar refractivity (Wildman–Crippen MR) is 54.4 cm³/mol. The molecular formula is C10H6ClF3N2O2. The van der Waals surface area contributed by atoms with Crippen LogP contribution in [0, 0.1) is 11.5 Å². The topological polar surface area (TPSA) is 63.0 Å². The van der Waals surface area contributed by atoms with Crippen molar-refractivity contribution in [1.29, 1.82) is 5.26 Å². The zero-order chi connectivity index (χ0) is 13.9. The van der Waals surface area contributed by atoms with Gasteiger partial charge >= 0.3 is 12.1 Å². The van der Waals surface area contributed by atoms with Crippen LogP contribution in [0.25, 0.3) is 0 Å². The van der Waals surface area contributed by atoms with Crippen LogP contribution in [0.4, 0.5) is 13.2 Å². The summed E-state index contributed by atoms with van der Waals surface area (Å²) >= 11 is 5.62. The number of alkyl halides is 3. The Morgan fingerprint density at radius 1 is 1.61 bits per heavy atom. The van der Waals surface area contributed by atoms with Crippen LogP contribution in [-0.2, 0) is 15.7 Å². The van der Waals surface area contributed by atoms with Crippen LogP contribution in [-0.4, -0.2) is 11.0 Å². The Balaban J connectivity index is 3.07. The van der Waals surface area contributed by atoms with Gasteiger partial charge in [-0.1, -0.05) is 11.6 Å². The Kier molecular flexibility index (Phi) is 4.14. The molecule has 0 saturated carbocycles. The average Bonchev–Trinajstić information content (AvgIpc) is 2.27. The number of pyridine rings is 1. The average molecular weight is 279 g/mol. The lowest BCUT2D eigenvalue weighted by atomic mass is 10.1. The fraction of sp³-hybridized carbons (Fsp3) is 0.300. The highest BCUT2D eigenvalue weighted by Crippen LogP contribution is 2.32. The molecule has 0 saturated heterocycles. The van der Waals surface area contributed by atoms with Crippen LogP contribution in [0.1, 0.15) is 24.1 Å². The first kappa shape index (κ1) is 14.3. The van der Waals surface area contributed by atoms with Gasteiger partial charge in [0.15, 0.2) is 0 Å². The third-order valence-corrected chi connectivity index (χ3v) is 2.41. The summed E-state index contributed by atoms with van der Waals surface area (Å²) in [6.45, 7) is 1.32. The number of ether oxygens (including phenoxy) is 1. The number of carbonyl (C=O) groups excluding carboxylic acids is 1. The first-order valence-corrected chi connectivity index (χ1v) is 4.97. The number of nitrogens with zero attached hydrogens (tertiary/aromatic N) is 2. The van der Waals surface area contributed by atoms with Gasteiger partial charge in [0.05, 0.1) is 22.2 Å². The Morgan fingerprint density at radius 2 is 2.22 bits per heavy atom. The minimum absolute atomic E-state index is 0.0788. The molecule has 1 atom stereocenters. The molecule has 1 unspecified atom stereocenters. The fourth-order valence-corrected chi connectivity index (χ4v) is 1.50. The lowest BCUT2D eigenvalue weighted by Crippen LogP contribution is -2.14. The van der Waals surface area contributed by atoms with E-state index >= 15 is 0 Å². The van der Waals surface area contributed by atoms with E-state index in [1.165, 1.54) is 13.2 Å². The third kappa shape index (κ3) is 3.11. The molecular weight excluding hydrogens is 273 g/mol. The standard InChI is InChI=1S/C10H6ClF3N2O2/c1-5(9(17)18-4-15)8-7(11)2-6(3-16-8)10(12,13)14/h2-3,5H,1H3. The maximum atomic E-state index is 12.3. The van der Waals surface area contributed by atoms with E-state index < -0.39 is 23.6 Å². The summed E-state index contributed by atoms with van der Waals surface area (Å²) in [5, 5.41) is 7.84. The molecule has 0 radical (unpaired) electrons. The van der Waals surface area contributed by atoms with Crippen molar-refractivity contribution in [2.75, 3.05) is 0 Å². The number of rotatable bonds is 2. The normalized spacial score (nSPS) is 12.7. The molecule has 1 heterocycles. The van der Waals surface area contributed by atoms with Crippen LogP contribution >= 0.6 is 11.6 Å². The number of hydrogen-bond donors (Lipinski definition) is 0. The summed E-state index contributed by atoms with van der Waals surface area (Å²) in [5.41, 5.74) is -1.10. The van der Waals surface area contributed by atoms with Crippen molar-refractivity contribution in [2.24, 2.45) is 0 Å². The van der Waals surface area contributed by atoms with Crippen molar-refractivity contribution in [3.8, 4) is 6.26 Å². The van der Waals surface area contributed by atoms with Gasteiger partial charge in [0, 0.05) is 6.20 Å². The SMILES string of the molecule is CC(C(=O)OC#N)c1ncc(C(F)(F)F)cc1Cl. The van der Waals surface area contributed by atoms with E-state index in [0.29, 0.717) is 12.3 Å². The molecule has 8 heteroatoms. The zero-order valence-corrected chi connectivity index (χ0v) is 9.71. The highest BCUT2D eigenvalue weighted by Gasteiger charge is 2.32. The quantitative estimate of drug-likeness (QED) is 0.616. The molecule has 96 valence electrons. The maximum absolute atomic E-state index is 12.3. The Morgan fingerprint density at radius 3 is 2.67 bits per heavy atom. The van der Waals surface area contributed by atoms with Crippen molar-refractivity contribution >= 4 is 17.6 Å². The summed E-state index contributed by atoms with van der Waals surface area (Å²) < 4.78 is 41.1. The van der Waals surface area contributed by atoms with Gasteiger partial charge in [-0.15, -0.1) is 5.26 Å². The van der Waals surface area contributed by atoms with Crippen LogP contribution in [0.15, 0.2) is 12.3 Å². The lowest BCUT2D eigenvalue weighted by Gasteiger charge is -2.11. The van der Waals surface area contributed by atoms with E-state index in [9.17, 15) is 18.0 Å². The molecule has 0 spiro atoms.